The van der Waals surface area contributed by atoms with E-state index in [1.807, 2.05) is 5.32 Å². The summed E-state index contributed by atoms with van der Waals surface area (Å²) < 4.78 is 44.4. The van der Waals surface area contributed by atoms with Crippen LogP contribution in [0.25, 0.3) is 0 Å². The van der Waals surface area contributed by atoms with Crippen molar-refractivity contribution < 1.29 is 27.5 Å². The SMILES string of the molecule is Cn1nc(C(=O)OCC(=O)Nc2ccc(Cl)cc2C(F)(F)F)ccc1=O. The number of carbonyl (C=O) groups is 2. The molecule has 0 fully saturated rings. The molecule has 1 aromatic heterocycles. The Bertz CT molecular complexity index is 912. The number of rotatable bonds is 4. The largest absolute Gasteiger partial charge is 0.451 e. The van der Waals surface area contributed by atoms with Gasteiger partial charge >= 0.3 is 12.1 Å². The van der Waals surface area contributed by atoms with Crippen molar-refractivity contribution in [3.63, 3.8) is 0 Å². The smallest absolute Gasteiger partial charge is 0.418 e. The summed E-state index contributed by atoms with van der Waals surface area (Å²) in [6.07, 6.45) is -4.73. The fourth-order valence-corrected chi connectivity index (χ4v) is 2.03. The number of nitrogens with one attached hydrogen (secondary N) is 1. The number of aryl methyl sites for hydroxylation is 1. The quantitative estimate of drug-likeness (QED) is 0.810. The van der Waals surface area contributed by atoms with Crippen LogP contribution in [0.15, 0.2) is 35.1 Å². The average Bonchev–Trinajstić information content (AvgIpc) is 2.56. The van der Waals surface area contributed by atoms with Crippen LogP contribution < -0.4 is 10.9 Å². The molecule has 0 aliphatic carbocycles. The molecule has 1 aromatic carbocycles. The highest BCUT2D eigenvalue weighted by Crippen LogP contribution is 2.36. The molecule has 0 saturated heterocycles. The fourth-order valence-electron chi connectivity index (χ4n) is 1.86. The lowest BCUT2D eigenvalue weighted by Crippen LogP contribution is -2.25. The van der Waals surface area contributed by atoms with E-state index in [1.165, 1.54) is 13.1 Å². The molecule has 2 aromatic rings. The lowest BCUT2D eigenvalue weighted by Gasteiger charge is -2.14. The lowest BCUT2D eigenvalue weighted by molar-refractivity contribution is -0.137. The van der Waals surface area contributed by atoms with Crippen molar-refractivity contribution in [2.75, 3.05) is 11.9 Å². The van der Waals surface area contributed by atoms with Crippen LogP contribution >= 0.6 is 11.6 Å². The van der Waals surface area contributed by atoms with Crippen molar-refractivity contribution in [3.8, 4) is 0 Å². The van der Waals surface area contributed by atoms with E-state index in [0.29, 0.717) is 6.07 Å². The fraction of sp³-hybridized carbons (Fsp3) is 0.200. The normalized spacial score (nSPS) is 11.1. The number of hydrogen-bond acceptors (Lipinski definition) is 5. The molecule has 2 rings (SSSR count). The maximum atomic E-state index is 13.0. The number of esters is 1. The van der Waals surface area contributed by atoms with Gasteiger partial charge in [0.25, 0.3) is 11.5 Å². The van der Waals surface area contributed by atoms with Crippen molar-refractivity contribution in [1.29, 1.82) is 0 Å². The second kappa shape index (κ2) is 7.56. The third-order valence-electron chi connectivity index (χ3n) is 3.07. The van der Waals surface area contributed by atoms with E-state index in [0.717, 1.165) is 22.9 Å². The van der Waals surface area contributed by atoms with E-state index in [2.05, 4.69) is 9.84 Å². The summed E-state index contributed by atoms with van der Waals surface area (Å²) in [5.41, 5.74) is -2.35. The minimum atomic E-state index is -4.73. The Morgan fingerprint density at radius 2 is 1.96 bits per heavy atom. The number of alkyl halides is 3. The molecular weight excluding hydrogens is 379 g/mol. The van der Waals surface area contributed by atoms with Gasteiger partial charge in [-0.05, 0) is 24.3 Å². The van der Waals surface area contributed by atoms with Gasteiger partial charge in [0.15, 0.2) is 12.3 Å². The third kappa shape index (κ3) is 4.82. The van der Waals surface area contributed by atoms with Crippen LogP contribution in [-0.4, -0.2) is 28.3 Å². The molecule has 7 nitrogen and oxygen atoms in total. The van der Waals surface area contributed by atoms with Gasteiger partial charge in [0.1, 0.15) is 0 Å². The second-order valence-electron chi connectivity index (χ2n) is 4.99. The van der Waals surface area contributed by atoms with Crippen LogP contribution in [0.3, 0.4) is 0 Å². The molecule has 0 spiro atoms. The monoisotopic (exact) mass is 389 g/mol. The number of nitrogens with zero attached hydrogens (tertiary/aromatic N) is 2. The zero-order valence-corrected chi connectivity index (χ0v) is 13.9. The number of aromatic nitrogens is 2. The predicted molar refractivity (Wildman–Crippen MR) is 84.8 cm³/mol. The number of carbonyl (C=O) groups excluding carboxylic acids is 2. The summed E-state index contributed by atoms with van der Waals surface area (Å²) in [7, 11) is 1.31. The molecular formula is C15H11ClF3N3O4. The molecule has 138 valence electrons. The highest BCUT2D eigenvalue weighted by atomic mass is 35.5. The highest BCUT2D eigenvalue weighted by Gasteiger charge is 2.34. The Morgan fingerprint density at radius 1 is 1.27 bits per heavy atom. The summed E-state index contributed by atoms with van der Waals surface area (Å²) in [6.45, 7) is -0.844. The summed E-state index contributed by atoms with van der Waals surface area (Å²) in [4.78, 5) is 34.7. The molecule has 0 atom stereocenters. The Kier molecular flexibility index (Phi) is 5.66. The predicted octanol–water partition coefficient (Wildman–Crippen LogP) is 2.25. The van der Waals surface area contributed by atoms with Crippen LogP contribution in [0.2, 0.25) is 5.02 Å². The third-order valence-corrected chi connectivity index (χ3v) is 3.30. The molecule has 1 amide bonds. The topological polar surface area (TPSA) is 90.3 Å². The van der Waals surface area contributed by atoms with Gasteiger partial charge in [-0.3, -0.25) is 9.59 Å². The first-order valence-corrected chi connectivity index (χ1v) is 7.34. The van der Waals surface area contributed by atoms with Crippen LogP contribution in [-0.2, 0) is 22.8 Å². The van der Waals surface area contributed by atoms with E-state index < -0.39 is 41.5 Å². The molecule has 0 aliphatic rings. The number of ether oxygens (including phenoxy) is 1. The van der Waals surface area contributed by atoms with E-state index in [-0.39, 0.29) is 10.7 Å². The number of anilines is 1. The Hall–Kier alpha value is -2.88. The maximum Gasteiger partial charge on any atom is 0.418 e. The molecule has 0 unspecified atom stereocenters. The van der Waals surface area contributed by atoms with Gasteiger partial charge in [-0.2, -0.15) is 18.3 Å². The molecule has 11 heteroatoms. The first-order chi connectivity index (χ1) is 12.1. The van der Waals surface area contributed by atoms with Crippen molar-refractivity contribution in [2.45, 2.75) is 6.18 Å². The van der Waals surface area contributed by atoms with E-state index in [9.17, 15) is 27.6 Å². The standard InChI is InChI=1S/C15H11ClF3N3O4/c1-22-13(24)5-4-11(21-22)14(25)26-7-12(23)20-10-3-2-8(16)6-9(10)15(17,18)19/h2-6H,7H2,1H3,(H,20,23). The number of hydrogen-bond donors (Lipinski definition) is 1. The van der Waals surface area contributed by atoms with Crippen molar-refractivity contribution in [2.24, 2.45) is 7.05 Å². The Balaban J connectivity index is 2.04. The van der Waals surface area contributed by atoms with Gasteiger partial charge in [0.2, 0.25) is 0 Å². The summed E-state index contributed by atoms with van der Waals surface area (Å²) in [6, 6.07) is 5.00. The summed E-state index contributed by atoms with van der Waals surface area (Å²) >= 11 is 5.54. The highest BCUT2D eigenvalue weighted by molar-refractivity contribution is 6.30. The van der Waals surface area contributed by atoms with Gasteiger partial charge in [-0.15, -0.1) is 0 Å². The Morgan fingerprint density at radius 3 is 2.58 bits per heavy atom. The zero-order valence-electron chi connectivity index (χ0n) is 13.1. The first-order valence-electron chi connectivity index (χ1n) is 6.96. The summed E-state index contributed by atoms with van der Waals surface area (Å²) in [5.74, 6) is -2.00. The summed E-state index contributed by atoms with van der Waals surface area (Å²) in [5, 5.41) is 5.48. The van der Waals surface area contributed by atoms with Crippen molar-refractivity contribution >= 4 is 29.2 Å². The van der Waals surface area contributed by atoms with Gasteiger partial charge in [-0.25, -0.2) is 9.48 Å². The second-order valence-corrected chi connectivity index (χ2v) is 5.43. The minimum absolute atomic E-state index is 0.150. The van der Waals surface area contributed by atoms with Gasteiger partial charge in [0.05, 0.1) is 11.3 Å². The first kappa shape index (κ1) is 19.4. The molecule has 1 heterocycles. The minimum Gasteiger partial charge on any atom is -0.451 e. The molecule has 26 heavy (non-hydrogen) atoms. The van der Waals surface area contributed by atoms with Crippen molar-refractivity contribution in [3.05, 3.63) is 57.0 Å². The van der Waals surface area contributed by atoms with E-state index >= 15 is 0 Å². The Labute approximate surface area is 149 Å². The van der Waals surface area contributed by atoms with Gasteiger partial charge in [-0.1, -0.05) is 11.6 Å². The number of benzene rings is 1. The zero-order chi connectivity index (χ0) is 19.5. The molecule has 0 radical (unpaired) electrons. The van der Waals surface area contributed by atoms with Gasteiger partial charge in [0, 0.05) is 18.1 Å². The molecule has 0 saturated carbocycles. The lowest BCUT2D eigenvalue weighted by atomic mass is 10.1. The van der Waals surface area contributed by atoms with Gasteiger partial charge < -0.3 is 10.1 Å². The molecule has 1 N–H and O–H groups in total. The number of amides is 1. The maximum absolute atomic E-state index is 13.0. The van der Waals surface area contributed by atoms with Crippen LogP contribution in [0, 0.1) is 0 Å². The van der Waals surface area contributed by atoms with Crippen molar-refractivity contribution in [1.82, 2.24) is 9.78 Å². The number of halogens is 4. The molecule has 0 bridgehead atoms. The molecule has 0 aliphatic heterocycles. The van der Waals surface area contributed by atoms with Crippen LogP contribution in [0.1, 0.15) is 16.1 Å². The van der Waals surface area contributed by atoms with E-state index in [1.54, 1.807) is 0 Å². The van der Waals surface area contributed by atoms with Crippen LogP contribution in [0.5, 0.6) is 0 Å². The average molecular weight is 390 g/mol. The van der Waals surface area contributed by atoms with Crippen LogP contribution in [0.4, 0.5) is 18.9 Å². The van der Waals surface area contributed by atoms with E-state index in [4.69, 9.17) is 11.6 Å².